The highest BCUT2D eigenvalue weighted by Gasteiger charge is 2.42. The van der Waals surface area contributed by atoms with Crippen molar-refractivity contribution in [2.45, 2.75) is 39.5 Å². The second-order valence-electron chi connectivity index (χ2n) is 4.20. The molecule has 1 aliphatic carbocycles. The van der Waals surface area contributed by atoms with Crippen LogP contribution in [-0.4, -0.2) is 11.1 Å². The van der Waals surface area contributed by atoms with Gasteiger partial charge >= 0.3 is 5.97 Å². The van der Waals surface area contributed by atoms with Gasteiger partial charge in [-0.05, 0) is 19.8 Å². The van der Waals surface area contributed by atoms with Gasteiger partial charge in [-0.15, -0.1) is 0 Å². The molecule has 1 atom stereocenters. The van der Waals surface area contributed by atoms with E-state index in [1.165, 1.54) is 0 Å². The zero-order valence-electron chi connectivity index (χ0n) is 8.47. The standard InChI is InChI=1S/C11H18O2/c1-8(2)11(6-4-5-7-11)9(3)10(12)13/h9H,1,4-7H2,2-3H3,(H,12,13). The molecule has 1 rings (SSSR count). The highest BCUT2D eigenvalue weighted by molar-refractivity contribution is 5.71. The second kappa shape index (κ2) is 3.52. The molecule has 1 N–H and O–H groups in total. The Hall–Kier alpha value is -0.790. The predicted octanol–water partition coefficient (Wildman–Crippen LogP) is 2.84. The first-order valence-electron chi connectivity index (χ1n) is 4.89. The number of carboxylic acid groups (broad SMARTS) is 1. The quantitative estimate of drug-likeness (QED) is 0.681. The van der Waals surface area contributed by atoms with Crippen LogP contribution in [-0.2, 0) is 4.79 Å². The topological polar surface area (TPSA) is 37.3 Å². The Balaban J connectivity index is 2.90. The Labute approximate surface area is 79.6 Å². The molecule has 2 nitrogen and oxygen atoms in total. The van der Waals surface area contributed by atoms with E-state index in [1.807, 2.05) is 13.8 Å². The fraction of sp³-hybridized carbons (Fsp3) is 0.727. The van der Waals surface area contributed by atoms with Crippen LogP contribution >= 0.6 is 0 Å². The number of aliphatic carboxylic acids is 1. The third kappa shape index (κ3) is 1.62. The largest absolute Gasteiger partial charge is 0.481 e. The predicted molar refractivity (Wildman–Crippen MR) is 52.5 cm³/mol. The van der Waals surface area contributed by atoms with E-state index in [2.05, 4.69) is 6.58 Å². The lowest BCUT2D eigenvalue weighted by molar-refractivity contribution is -0.144. The van der Waals surface area contributed by atoms with Crippen molar-refractivity contribution in [3.8, 4) is 0 Å². The molecule has 2 heteroatoms. The fourth-order valence-corrected chi connectivity index (χ4v) is 2.47. The summed E-state index contributed by atoms with van der Waals surface area (Å²) < 4.78 is 0. The van der Waals surface area contributed by atoms with Gasteiger partial charge in [-0.1, -0.05) is 31.9 Å². The van der Waals surface area contributed by atoms with Crippen LogP contribution in [0.1, 0.15) is 39.5 Å². The summed E-state index contributed by atoms with van der Waals surface area (Å²) in [5.74, 6) is -0.975. The summed E-state index contributed by atoms with van der Waals surface area (Å²) in [5.41, 5.74) is 0.922. The van der Waals surface area contributed by atoms with Crippen LogP contribution in [0.3, 0.4) is 0 Å². The van der Waals surface area contributed by atoms with Crippen LogP contribution in [0.15, 0.2) is 12.2 Å². The highest BCUT2D eigenvalue weighted by atomic mass is 16.4. The van der Waals surface area contributed by atoms with Crippen LogP contribution in [0.4, 0.5) is 0 Å². The molecule has 1 fully saturated rings. The van der Waals surface area contributed by atoms with Crippen LogP contribution in [0, 0.1) is 11.3 Å². The maximum absolute atomic E-state index is 11.0. The molecule has 0 aromatic rings. The van der Waals surface area contributed by atoms with Crippen LogP contribution in [0.25, 0.3) is 0 Å². The average molecular weight is 182 g/mol. The maximum atomic E-state index is 11.0. The SMILES string of the molecule is C=C(C)C1(C(C)C(=O)O)CCCC1. The van der Waals surface area contributed by atoms with E-state index < -0.39 is 5.97 Å². The van der Waals surface area contributed by atoms with E-state index in [0.717, 1.165) is 31.3 Å². The summed E-state index contributed by atoms with van der Waals surface area (Å²) in [5, 5.41) is 9.02. The van der Waals surface area contributed by atoms with Crippen LogP contribution < -0.4 is 0 Å². The van der Waals surface area contributed by atoms with Gasteiger partial charge in [0, 0.05) is 5.41 Å². The zero-order valence-corrected chi connectivity index (χ0v) is 8.47. The van der Waals surface area contributed by atoms with E-state index in [1.54, 1.807) is 0 Å². The molecular weight excluding hydrogens is 164 g/mol. The Morgan fingerprint density at radius 3 is 2.23 bits per heavy atom. The molecule has 0 saturated heterocycles. The van der Waals surface area contributed by atoms with Gasteiger partial charge in [0.2, 0.25) is 0 Å². The first-order valence-corrected chi connectivity index (χ1v) is 4.89. The Morgan fingerprint density at radius 1 is 1.46 bits per heavy atom. The van der Waals surface area contributed by atoms with Gasteiger partial charge in [0.25, 0.3) is 0 Å². The molecule has 1 unspecified atom stereocenters. The summed E-state index contributed by atoms with van der Waals surface area (Å²) in [6.45, 7) is 7.72. The number of carboxylic acids is 1. The van der Waals surface area contributed by atoms with Crippen molar-refractivity contribution >= 4 is 5.97 Å². The first-order chi connectivity index (χ1) is 6.00. The summed E-state index contributed by atoms with van der Waals surface area (Å²) in [4.78, 5) is 11.0. The number of allylic oxidation sites excluding steroid dienone is 1. The lowest BCUT2D eigenvalue weighted by atomic mass is 9.70. The van der Waals surface area contributed by atoms with E-state index in [0.29, 0.717) is 0 Å². The third-order valence-electron chi connectivity index (χ3n) is 3.55. The lowest BCUT2D eigenvalue weighted by Gasteiger charge is -2.33. The van der Waals surface area contributed by atoms with Crippen molar-refractivity contribution in [2.24, 2.45) is 11.3 Å². The third-order valence-corrected chi connectivity index (χ3v) is 3.55. The smallest absolute Gasteiger partial charge is 0.307 e. The monoisotopic (exact) mass is 182 g/mol. The zero-order chi connectivity index (χ0) is 10.1. The molecule has 0 radical (unpaired) electrons. The molecule has 0 aromatic heterocycles. The summed E-state index contributed by atoms with van der Waals surface area (Å²) in [6.07, 6.45) is 4.28. The number of rotatable bonds is 3. The number of hydrogen-bond donors (Lipinski definition) is 1. The van der Waals surface area contributed by atoms with Gasteiger partial charge in [0.15, 0.2) is 0 Å². The number of carbonyl (C=O) groups is 1. The fourth-order valence-electron chi connectivity index (χ4n) is 2.47. The molecule has 0 aromatic carbocycles. The van der Waals surface area contributed by atoms with Crippen molar-refractivity contribution in [2.75, 3.05) is 0 Å². The highest BCUT2D eigenvalue weighted by Crippen LogP contribution is 2.49. The van der Waals surface area contributed by atoms with Crippen LogP contribution in [0.5, 0.6) is 0 Å². The molecule has 0 aliphatic heterocycles. The van der Waals surface area contributed by atoms with Gasteiger partial charge in [-0.25, -0.2) is 0 Å². The molecule has 13 heavy (non-hydrogen) atoms. The van der Waals surface area contributed by atoms with Crippen molar-refractivity contribution in [1.82, 2.24) is 0 Å². The second-order valence-corrected chi connectivity index (χ2v) is 4.20. The van der Waals surface area contributed by atoms with Crippen LogP contribution in [0.2, 0.25) is 0 Å². The minimum atomic E-state index is -0.690. The molecule has 0 bridgehead atoms. The van der Waals surface area contributed by atoms with Gasteiger partial charge in [0.05, 0.1) is 5.92 Å². The molecule has 74 valence electrons. The van der Waals surface area contributed by atoms with Gasteiger partial charge in [-0.3, -0.25) is 4.79 Å². The van der Waals surface area contributed by atoms with E-state index in [-0.39, 0.29) is 11.3 Å². The van der Waals surface area contributed by atoms with E-state index in [9.17, 15) is 4.79 Å². The number of hydrogen-bond acceptors (Lipinski definition) is 1. The minimum absolute atomic E-state index is 0.119. The molecule has 1 saturated carbocycles. The molecule has 0 amide bonds. The minimum Gasteiger partial charge on any atom is -0.481 e. The van der Waals surface area contributed by atoms with Crippen molar-refractivity contribution in [3.05, 3.63) is 12.2 Å². The van der Waals surface area contributed by atoms with E-state index >= 15 is 0 Å². The maximum Gasteiger partial charge on any atom is 0.307 e. The molecule has 0 heterocycles. The summed E-state index contributed by atoms with van der Waals surface area (Å²) in [6, 6.07) is 0. The summed E-state index contributed by atoms with van der Waals surface area (Å²) >= 11 is 0. The van der Waals surface area contributed by atoms with Gasteiger partial charge in [0.1, 0.15) is 0 Å². The van der Waals surface area contributed by atoms with Crippen molar-refractivity contribution in [1.29, 1.82) is 0 Å². The average Bonchev–Trinajstić information content (AvgIpc) is 2.51. The molecule has 0 spiro atoms. The lowest BCUT2D eigenvalue weighted by Crippen LogP contribution is -2.32. The Morgan fingerprint density at radius 2 is 1.92 bits per heavy atom. The normalized spacial score (nSPS) is 22.6. The van der Waals surface area contributed by atoms with Crippen molar-refractivity contribution in [3.63, 3.8) is 0 Å². The van der Waals surface area contributed by atoms with E-state index in [4.69, 9.17) is 5.11 Å². The Kier molecular flexibility index (Phi) is 2.79. The van der Waals surface area contributed by atoms with Crippen molar-refractivity contribution < 1.29 is 9.90 Å². The summed E-state index contributed by atoms with van der Waals surface area (Å²) in [7, 11) is 0. The first kappa shape index (κ1) is 10.3. The van der Waals surface area contributed by atoms with Gasteiger partial charge in [-0.2, -0.15) is 0 Å². The molecule has 1 aliphatic rings. The Bertz CT molecular complexity index is 224. The molecular formula is C11H18O2. The van der Waals surface area contributed by atoms with Gasteiger partial charge < -0.3 is 5.11 Å².